The van der Waals surface area contributed by atoms with Gasteiger partial charge in [-0.3, -0.25) is 36.3 Å². The predicted octanol–water partition coefficient (Wildman–Crippen LogP) is -5.63. The average molecular weight is 1310 g/mol. The fraction of sp³-hybridized carbons (Fsp3) is 0.106. The third kappa shape index (κ3) is 18.6. The van der Waals surface area contributed by atoms with Crippen molar-refractivity contribution >= 4 is 135 Å². The number of phenols is 2. The van der Waals surface area contributed by atoms with Crippen molar-refractivity contribution in [2.24, 2.45) is 32.3 Å². The topological polar surface area (TPSA) is 543 Å². The van der Waals surface area contributed by atoms with Crippen LogP contribution in [0.1, 0.15) is 46.4 Å². The van der Waals surface area contributed by atoms with E-state index in [0.29, 0.717) is 12.0 Å². The van der Waals surface area contributed by atoms with Crippen LogP contribution in [0.15, 0.2) is 132 Å². The third-order valence-corrected chi connectivity index (χ3v) is 13.9. The quantitative estimate of drug-likeness (QED) is 0.00459. The molecule has 446 valence electrons. The summed E-state index contributed by atoms with van der Waals surface area (Å²) in [6.07, 6.45) is 1.26. The van der Waals surface area contributed by atoms with E-state index in [0.717, 1.165) is 30.6 Å². The Balaban J connectivity index is 0.00000480. The number of carboxylic acids is 1. The molecule has 36 nitrogen and oxygen atoms in total. The number of aromatic nitrogens is 6. The maximum absolute atomic E-state index is 12.9. The molecule has 0 spiro atoms. The number of carbonyl (C=O) groups excluding carboxylic acids is 4. The van der Waals surface area contributed by atoms with E-state index in [1.54, 1.807) is 0 Å². The molecule has 6 aromatic carbocycles. The second-order valence-corrected chi connectivity index (χ2v) is 20.6. The summed E-state index contributed by atoms with van der Waals surface area (Å²) < 4.78 is 77.2. The molecule has 0 aliphatic rings. The number of ether oxygens (including phenoxy) is 1. The number of amides is 2. The van der Waals surface area contributed by atoms with Gasteiger partial charge in [-0.05, 0) is 83.8 Å². The smallest absolute Gasteiger partial charge is 0.744 e. The minimum Gasteiger partial charge on any atom is -0.744 e. The van der Waals surface area contributed by atoms with Gasteiger partial charge in [0.2, 0.25) is 35.6 Å². The van der Waals surface area contributed by atoms with Gasteiger partial charge in [0.05, 0.1) is 52.6 Å². The first-order valence-corrected chi connectivity index (χ1v) is 27.4. The second-order valence-electron chi connectivity index (χ2n) is 16.9. The molecule has 0 unspecified atom stereocenters. The molecule has 42 heteroatoms. The zero-order valence-corrected chi connectivity index (χ0v) is 54.8. The number of aromatic carboxylic acids is 1. The van der Waals surface area contributed by atoms with Crippen LogP contribution in [-0.4, -0.2) is 92.4 Å². The Hall–Kier alpha value is -7.49. The van der Waals surface area contributed by atoms with Crippen LogP contribution in [0.2, 0.25) is 0 Å². The van der Waals surface area contributed by atoms with E-state index in [1.165, 1.54) is 73.8 Å². The number of hydrogen-bond donors (Lipinski definition) is 10. The molecule has 89 heavy (non-hydrogen) atoms. The second kappa shape index (κ2) is 32.8. The zero-order chi connectivity index (χ0) is 61.7. The van der Waals surface area contributed by atoms with E-state index in [2.05, 4.69) is 101 Å². The van der Waals surface area contributed by atoms with E-state index in [9.17, 15) is 61.1 Å². The number of hydrogen-bond acceptors (Lipinski definition) is 35. The molecule has 8 aromatic rings. The Morgan fingerprint density at radius 3 is 1.91 bits per heavy atom. The van der Waals surface area contributed by atoms with E-state index in [-0.39, 0.29) is 204 Å². The van der Waals surface area contributed by atoms with Gasteiger partial charge in [0.1, 0.15) is 38.4 Å². The van der Waals surface area contributed by atoms with Crippen LogP contribution in [0, 0.1) is 0 Å². The number of rotatable bonds is 26. The maximum atomic E-state index is 12.9. The first-order valence-electron chi connectivity index (χ1n) is 23.8. The number of nitrogens with one attached hydrogen (secondary N) is 6. The van der Waals surface area contributed by atoms with E-state index < -0.39 is 76.7 Å². The summed E-state index contributed by atoms with van der Waals surface area (Å²) in [6, 6.07) is 18.9. The van der Waals surface area contributed by atoms with Crippen LogP contribution in [0.4, 0.5) is 57.9 Å². The van der Waals surface area contributed by atoms with Crippen LogP contribution in [0.3, 0.4) is 0 Å². The van der Waals surface area contributed by atoms with Crippen molar-refractivity contribution < 1.29 is 173 Å². The van der Waals surface area contributed by atoms with Gasteiger partial charge in [0.25, 0.3) is 0 Å². The molecule has 0 bridgehead atoms. The monoisotopic (exact) mass is 1310 g/mol. The first kappa shape index (κ1) is 72.3. The van der Waals surface area contributed by atoms with E-state index in [1.807, 2.05) is 0 Å². The fourth-order valence-corrected chi connectivity index (χ4v) is 9.47. The Labute approximate surface area is 571 Å². The molecule has 8 rings (SSSR count). The molecular weight excluding hydrogens is 1270 g/mol. The van der Waals surface area contributed by atoms with E-state index in [4.69, 9.17) is 16.5 Å². The van der Waals surface area contributed by atoms with Gasteiger partial charge in [-0.25, -0.2) is 18.2 Å². The average Bonchev–Trinajstić information content (AvgIpc) is 1.03. The van der Waals surface area contributed by atoms with Gasteiger partial charge in [0.15, 0.2) is 11.5 Å². The van der Waals surface area contributed by atoms with Gasteiger partial charge < -0.3 is 50.1 Å². The van der Waals surface area contributed by atoms with Crippen molar-refractivity contribution in [2.45, 2.75) is 40.4 Å². The maximum Gasteiger partial charge on any atom is 1.00 e. The van der Waals surface area contributed by atoms with Gasteiger partial charge in [-0.15, -0.1) is 15.3 Å². The number of methoxy groups -OCH3 is 1. The molecular formula is C47H39N18Na3O18S3. The SMILES string of the molecule is COc1nc(NNC(=O)CCCCC(=O)NNc2ncnc(Nc3cccc4cc(S(=O)(=O)ON)c(N=Nc5ccccc5C(=O)ON)c(O)c34)n2)nc(Nc2cc(SOO[O-])cc3cc(S(=O)(=O)[O-])c(N=Nc4ccc(C(=O)[O-])cc4)c(O)c23)n1.[Na+].[Na+].[Na+]. The Bertz CT molecular complexity index is 4250. The summed E-state index contributed by atoms with van der Waals surface area (Å²) in [4.78, 5) is 76.3. The molecule has 0 radical (unpaired) electrons. The first-order chi connectivity index (χ1) is 41.2. The van der Waals surface area contributed by atoms with Crippen molar-refractivity contribution in [1.29, 1.82) is 0 Å². The minimum atomic E-state index is -5.38. The molecule has 0 saturated heterocycles. The van der Waals surface area contributed by atoms with Crippen LogP contribution >= 0.6 is 12.0 Å². The summed E-state index contributed by atoms with van der Waals surface area (Å²) in [5.74, 6) is 3.98. The zero-order valence-electron chi connectivity index (χ0n) is 46.3. The van der Waals surface area contributed by atoms with Gasteiger partial charge in [-0.1, -0.05) is 36.4 Å². The van der Waals surface area contributed by atoms with Crippen LogP contribution < -0.4 is 148 Å². The molecule has 2 aromatic heterocycles. The predicted molar refractivity (Wildman–Crippen MR) is 290 cm³/mol. The molecule has 0 fully saturated rings. The molecule has 2 amide bonds. The molecule has 0 aliphatic carbocycles. The van der Waals surface area contributed by atoms with Crippen molar-refractivity contribution in [1.82, 2.24) is 40.8 Å². The molecule has 0 aliphatic heterocycles. The Morgan fingerprint density at radius 1 is 0.674 bits per heavy atom. The number of anilines is 6. The van der Waals surface area contributed by atoms with Crippen LogP contribution in [0.5, 0.6) is 17.5 Å². The summed E-state index contributed by atoms with van der Waals surface area (Å²) >= 11 is 0.351. The third-order valence-electron chi connectivity index (χ3n) is 11.4. The standard InChI is InChI=1S/C47H42N18O18S3.3Na/c1-79-47-56-45(53-30-20-26(84-83-82-73)17-24-19-31(85(74,75)76)37(40(69)36(24)30)62-58-25-15-13-22(14-16-25)41(70)71)55-46(57-47)65-61-34(67)12-5-4-11-33(66)60-64-44-51-21-50-43(54-44)52-29-10-6-7-23-18-32(86(77,78)81-49)38(39(68)35(23)29)63-59-28-9-3-2-8-27(28)42(72)80-48;;;/h2-3,6-10,13-21,68-69,73H,4-5,11-12,48-49H2,1H3,(H,60,66)(H,61,67)(H,70,71)(H,74,75,76)(H2,50,51,52,54,64)(H2,53,55,56,57,65);;;/q;3*+1/p-3. The number of azo groups is 2. The number of phenolic OH excluding ortho intramolecular Hbond substituents is 2. The summed E-state index contributed by atoms with van der Waals surface area (Å²) in [5.41, 5.74) is 7.94. The molecule has 2 heterocycles. The van der Waals surface area contributed by atoms with Gasteiger partial charge in [0, 0.05) is 28.5 Å². The molecule has 12 N–H and O–H groups in total. The normalized spacial score (nSPS) is 11.2. The Morgan fingerprint density at radius 2 is 1.27 bits per heavy atom. The number of nitrogens with two attached hydrogens (primary N) is 2. The van der Waals surface area contributed by atoms with Gasteiger partial charge in [-0.2, -0.15) is 58.9 Å². The number of benzene rings is 6. The number of carbonyl (C=O) groups is 4. The Kier molecular flexibility index (Phi) is 26.7. The van der Waals surface area contributed by atoms with Gasteiger partial charge >= 0.3 is 111 Å². The number of nitrogens with zero attached hydrogens (tertiary/aromatic N) is 10. The molecule has 0 saturated carbocycles. The van der Waals surface area contributed by atoms with E-state index >= 15 is 0 Å². The van der Waals surface area contributed by atoms with Crippen LogP contribution in [-0.2, 0) is 48.3 Å². The van der Waals surface area contributed by atoms with Crippen molar-refractivity contribution in [3.63, 3.8) is 0 Å². The number of hydrazine groups is 2. The fourth-order valence-electron chi connectivity index (χ4n) is 7.63. The van der Waals surface area contributed by atoms with Crippen molar-refractivity contribution in [3.8, 4) is 17.5 Å². The largest absolute Gasteiger partial charge is 1.00 e. The number of aromatic hydroxyl groups is 2. The molecule has 0 atom stereocenters. The summed E-state index contributed by atoms with van der Waals surface area (Å²) in [6.45, 7) is 0. The van der Waals surface area contributed by atoms with Crippen molar-refractivity contribution in [3.05, 3.63) is 108 Å². The van der Waals surface area contributed by atoms with Crippen LogP contribution in [0.25, 0.3) is 21.5 Å². The number of unbranched alkanes of at least 4 members (excludes halogenated alkanes) is 1. The number of fused-ring (bicyclic) bond motifs is 2. The summed E-state index contributed by atoms with van der Waals surface area (Å²) in [5, 5.41) is 69.5. The minimum absolute atomic E-state index is 0. The number of carboxylic acid groups (broad SMARTS) is 1. The summed E-state index contributed by atoms with van der Waals surface area (Å²) in [7, 11) is -8.92. The van der Waals surface area contributed by atoms with Crippen molar-refractivity contribution in [2.75, 3.05) is 28.6 Å².